The first kappa shape index (κ1) is 14.4. The van der Waals surface area contributed by atoms with Crippen molar-refractivity contribution in [1.82, 2.24) is 10.3 Å². The van der Waals surface area contributed by atoms with Crippen LogP contribution in [0.3, 0.4) is 0 Å². The molecule has 1 atom stereocenters. The van der Waals surface area contributed by atoms with Crippen molar-refractivity contribution in [3.8, 4) is 0 Å². The highest BCUT2D eigenvalue weighted by molar-refractivity contribution is 8.14. The van der Waals surface area contributed by atoms with Gasteiger partial charge in [0.1, 0.15) is 0 Å². The van der Waals surface area contributed by atoms with Crippen molar-refractivity contribution in [2.24, 2.45) is 10.4 Å². The average molecular weight is 277 g/mol. The maximum absolute atomic E-state index is 4.59. The third-order valence-corrected chi connectivity index (χ3v) is 4.12. The molecule has 3 nitrogen and oxygen atoms in total. The molecule has 0 saturated carbocycles. The minimum Gasteiger partial charge on any atom is -0.365 e. The van der Waals surface area contributed by atoms with E-state index in [1.807, 2.05) is 30.2 Å². The zero-order valence-corrected chi connectivity index (χ0v) is 12.8. The molecule has 4 heteroatoms. The van der Waals surface area contributed by atoms with Gasteiger partial charge in [0.05, 0.1) is 6.54 Å². The summed E-state index contributed by atoms with van der Waals surface area (Å²) in [4.78, 5) is 8.71. The summed E-state index contributed by atoms with van der Waals surface area (Å²) in [5, 5.41) is 5.18. The molecule has 1 aromatic heterocycles. The highest BCUT2D eigenvalue weighted by Gasteiger charge is 2.24. The van der Waals surface area contributed by atoms with Crippen LogP contribution in [-0.4, -0.2) is 28.5 Å². The Kier molecular flexibility index (Phi) is 4.86. The Morgan fingerprint density at radius 2 is 2.26 bits per heavy atom. The van der Waals surface area contributed by atoms with Gasteiger partial charge in [-0.1, -0.05) is 38.6 Å². The largest absolute Gasteiger partial charge is 0.365 e. The summed E-state index contributed by atoms with van der Waals surface area (Å²) in [7, 11) is 0. The molecule has 1 N–H and O–H groups in total. The summed E-state index contributed by atoms with van der Waals surface area (Å²) in [6.45, 7) is 8.76. The molecule has 1 aromatic rings. The molecule has 1 unspecified atom stereocenters. The number of hydrogen-bond donors (Lipinski definition) is 1. The number of amidine groups is 1. The van der Waals surface area contributed by atoms with Crippen molar-refractivity contribution >= 4 is 16.9 Å². The van der Waals surface area contributed by atoms with Crippen LogP contribution in [0.25, 0.3) is 0 Å². The van der Waals surface area contributed by atoms with Gasteiger partial charge in [0.2, 0.25) is 0 Å². The molecule has 104 valence electrons. The van der Waals surface area contributed by atoms with Crippen LogP contribution < -0.4 is 5.32 Å². The number of nitrogens with one attached hydrogen (secondary N) is 1. The van der Waals surface area contributed by atoms with Gasteiger partial charge in [0.25, 0.3) is 0 Å². The van der Waals surface area contributed by atoms with E-state index < -0.39 is 0 Å². The molecule has 0 spiro atoms. The fraction of sp³-hybridized carbons (Fsp3) is 0.600. The van der Waals surface area contributed by atoms with Crippen molar-refractivity contribution in [2.45, 2.75) is 38.9 Å². The molecule has 2 rings (SSSR count). The van der Waals surface area contributed by atoms with E-state index in [-0.39, 0.29) is 0 Å². The number of aliphatic imine (C=N–C) groups is 1. The Bertz CT molecular complexity index is 423. The maximum Gasteiger partial charge on any atom is 0.156 e. The summed E-state index contributed by atoms with van der Waals surface area (Å²) >= 11 is 1.90. The second-order valence-electron chi connectivity index (χ2n) is 6.19. The zero-order chi connectivity index (χ0) is 13.7. The maximum atomic E-state index is 4.59. The second kappa shape index (κ2) is 6.42. The summed E-state index contributed by atoms with van der Waals surface area (Å²) in [6, 6.07) is 4.09. The van der Waals surface area contributed by atoms with Gasteiger partial charge in [-0.05, 0) is 29.9 Å². The molecular formula is C15H23N3S. The van der Waals surface area contributed by atoms with Crippen LogP contribution in [0.15, 0.2) is 29.5 Å². The third-order valence-electron chi connectivity index (χ3n) is 2.97. The predicted molar refractivity (Wildman–Crippen MR) is 83.7 cm³/mol. The van der Waals surface area contributed by atoms with Crippen LogP contribution in [0.1, 0.15) is 32.8 Å². The SMILES string of the molecule is CC(C)(C)CC1CN=C(NCCc2cccnc2)S1. The lowest BCUT2D eigenvalue weighted by Gasteiger charge is -2.21. The topological polar surface area (TPSA) is 37.3 Å². The molecular weight excluding hydrogens is 254 g/mol. The molecule has 0 bridgehead atoms. The molecule has 1 aliphatic rings. The smallest absolute Gasteiger partial charge is 0.156 e. The number of aromatic nitrogens is 1. The fourth-order valence-electron chi connectivity index (χ4n) is 2.16. The molecule has 19 heavy (non-hydrogen) atoms. The van der Waals surface area contributed by atoms with E-state index in [4.69, 9.17) is 0 Å². The van der Waals surface area contributed by atoms with Crippen molar-refractivity contribution in [3.63, 3.8) is 0 Å². The Morgan fingerprint density at radius 1 is 1.42 bits per heavy atom. The highest BCUT2D eigenvalue weighted by atomic mass is 32.2. The summed E-state index contributed by atoms with van der Waals surface area (Å²) in [5.74, 6) is 0. The van der Waals surface area contributed by atoms with E-state index >= 15 is 0 Å². The van der Waals surface area contributed by atoms with Gasteiger partial charge in [-0.25, -0.2) is 0 Å². The first-order valence-corrected chi connectivity index (χ1v) is 7.75. The van der Waals surface area contributed by atoms with Crippen molar-refractivity contribution in [3.05, 3.63) is 30.1 Å². The number of rotatable bonds is 4. The first-order valence-electron chi connectivity index (χ1n) is 6.87. The first-order chi connectivity index (χ1) is 9.03. The van der Waals surface area contributed by atoms with Crippen LogP contribution >= 0.6 is 11.8 Å². The van der Waals surface area contributed by atoms with Crippen LogP contribution in [0.4, 0.5) is 0 Å². The van der Waals surface area contributed by atoms with Gasteiger partial charge in [-0.3, -0.25) is 9.98 Å². The lowest BCUT2D eigenvalue weighted by molar-refractivity contribution is 0.375. The Morgan fingerprint density at radius 3 is 2.95 bits per heavy atom. The summed E-state index contributed by atoms with van der Waals surface area (Å²) < 4.78 is 0. The Balaban J connectivity index is 1.68. The van der Waals surface area contributed by atoms with Crippen molar-refractivity contribution in [2.75, 3.05) is 13.1 Å². The average Bonchev–Trinajstić information content (AvgIpc) is 2.76. The standard InChI is InChI=1S/C15H23N3S/c1-15(2,3)9-13-11-18-14(19-13)17-8-6-12-5-4-7-16-10-12/h4-5,7,10,13H,6,8-9,11H2,1-3H3,(H,17,18). The van der Waals surface area contributed by atoms with Crippen molar-refractivity contribution < 1.29 is 0 Å². The van der Waals surface area contributed by atoms with Crippen LogP contribution in [0.2, 0.25) is 0 Å². The molecule has 0 amide bonds. The van der Waals surface area contributed by atoms with Gasteiger partial charge in [0, 0.05) is 24.2 Å². The second-order valence-corrected chi connectivity index (χ2v) is 7.48. The summed E-state index contributed by atoms with van der Waals surface area (Å²) in [5.41, 5.74) is 1.66. The molecule has 0 aromatic carbocycles. The monoisotopic (exact) mass is 277 g/mol. The number of thioether (sulfide) groups is 1. The third kappa shape index (κ3) is 5.23. The molecule has 0 fully saturated rings. The molecule has 1 aliphatic heterocycles. The number of pyridine rings is 1. The lowest BCUT2D eigenvalue weighted by Crippen LogP contribution is -2.23. The lowest BCUT2D eigenvalue weighted by atomic mass is 9.90. The zero-order valence-electron chi connectivity index (χ0n) is 12.0. The van der Waals surface area contributed by atoms with E-state index in [9.17, 15) is 0 Å². The normalized spacial score (nSPS) is 19.3. The van der Waals surface area contributed by atoms with Gasteiger partial charge in [-0.15, -0.1) is 0 Å². The highest BCUT2D eigenvalue weighted by Crippen LogP contribution is 2.31. The number of nitrogens with zero attached hydrogens (tertiary/aromatic N) is 2. The van der Waals surface area contributed by atoms with Gasteiger partial charge in [-0.2, -0.15) is 0 Å². The molecule has 0 radical (unpaired) electrons. The van der Waals surface area contributed by atoms with Crippen molar-refractivity contribution in [1.29, 1.82) is 0 Å². The van der Waals surface area contributed by atoms with E-state index in [0.29, 0.717) is 10.7 Å². The van der Waals surface area contributed by atoms with Gasteiger partial charge >= 0.3 is 0 Å². The molecule has 0 saturated heterocycles. The summed E-state index contributed by atoms with van der Waals surface area (Å²) in [6.07, 6.45) is 5.95. The minimum absolute atomic E-state index is 0.387. The van der Waals surface area contributed by atoms with E-state index in [0.717, 1.165) is 24.7 Å². The number of hydrogen-bond acceptors (Lipinski definition) is 4. The van der Waals surface area contributed by atoms with Crippen LogP contribution in [0, 0.1) is 5.41 Å². The molecule has 2 heterocycles. The van der Waals surface area contributed by atoms with E-state index in [2.05, 4.69) is 42.1 Å². The fourth-order valence-corrected chi connectivity index (χ4v) is 3.55. The van der Waals surface area contributed by atoms with Gasteiger partial charge < -0.3 is 5.32 Å². The molecule has 0 aliphatic carbocycles. The Labute approximate surface area is 120 Å². The van der Waals surface area contributed by atoms with E-state index in [1.54, 1.807) is 0 Å². The quantitative estimate of drug-likeness (QED) is 0.919. The van der Waals surface area contributed by atoms with Crippen LogP contribution in [-0.2, 0) is 6.42 Å². The van der Waals surface area contributed by atoms with Gasteiger partial charge in [0.15, 0.2) is 5.17 Å². The van der Waals surface area contributed by atoms with Crippen LogP contribution in [0.5, 0.6) is 0 Å². The minimum atomic E-state index is 0.387. The Hall–Kier alpha value is -1.03. The predicted octanol–water partition coefficient (Wildman–Crippen LogP) is 3.12. The van der Waals surface area contributed by atoms with E-state index in [1.165, 1.54) is 12.0 Å².